The number of aliphatic carboxylic acids is 1. The maximum absolute atomic E-state index is 14.7. The summed E-state index contributed by atoms with van der Waals surface area (Å²) in [6.45, 7) is 0. The number of aromatic amines is 1. The molecule has 2 N–H and O–H groups in total. The molecule has 5 rings (SSSR count). The first-order valence-corrected chi connectivity index (χ1v) is 12.3. The number of nitrogens with one attached hydrogen (secondary N) is 1. The Labute approximate surface area is 222 Å². The Morgan fingerprint density at radius 2 is 1.82 bits per heavy atom. The molecule has 4 aromatic rings. The summed E-state index contributed by atoms with van der Waals surface area (Å²) in [5, 5.41) is 35.3. The van der Waals surface area contributed by atoms with E-state index in [1.54, 1.807) is 36.4 Å². The maximum Gasteiger partial charge on any atom is 0.328 e. The van der Waals surface area contributed by atoms with Gasteiger partial charge < -0.3 is 5.11 Å². The third kappa shape index (κ3) is 4.56. The zero-order valence-electron chi connectivity index (χ0n) is 20.0. The summed E-state index contributed by atoms with van der Waals surface area (Å²) < 4.78 is 14.7. The molecule has 1 heterocycles. The standard InChI is InChI=1S/C30H20ClFN4O2/c31-24-14-18(15-33)6-10-22(24)28(19-2-1-3-19)27(20-8-4-17(5-9-20)7-13-26(37)38)21-11-12-25-29(23(21)16-34)30(32)36-35-25/h4-14,19H,1-3H2,(H,35,36)(H,37,38)/b13-7+,28-27+. The van der Waals surface area contributed by atoms with E-state index in [4.69, 9.17) is 16.7 Å². The fourth-order valence-electron chi connectivity index (χ4n) is 4.84. The van der Waals surface area contributed by atoms with Gasteiger partial charge in [-0.1, -0.05) is 54.4 Å². The number of carbonyl (C=O) groups is 1. The first-order valence-electron chi connectivity index (χ1n) is 11.9. The van der Waals surface area contributed by atoms with Crippen molar-refractivity contribution < 1.29 is 14.3 Å². The van der Waals surface area contributed by atoms with Crippen LogP contribution in [0.2, 0.25) is 5.02 Å². The minimum absolute atomic E-state index is 0.113. The van der Waals surface area contributed by atoms with Gasteiger partial charge >= 0.3 is 5.97 Å². The molecule has 0 aliphatic heterocycles. The lowest BCUT2D eigenvalue weighted by atomic mass is 9.72. The zero-order chi connectivity index (χ0) is 26.8. The van der Waals surface area contributed by atoms with Gasteiger partial charge in [0.2, 0.25) is 5.95 Å². The van der Waals surface area contributed by atoms with E-state index in [1.165, 1.54) is 6.08 Å². The lowest BCUT2D eigenvalue weighted by Gasteiger charge is -2.32. The topological polar surface area (TPSA) is 114 Å². The van der Waals surface area contributed by atoms with Gasteiger partial charge in [0.25, 0.3) is 0 Å². The van der Waals surface area contributed by atoms with Gasteiger partial charge in [-0.3, -0.25) is 5.10 Å². The highest BCUT2D eigenvalue weighted by Gasteiger charge is 2.30. The number of rotatable bonds is 6. The third-order valence-electron chi connectivity index (χ3n) is 6.86. The minimum Gasteiger partial charge on any atom is -0.478 e. The largest absolute Gasteiger partial charge is 0.478 e. The van der Waals surface area contributed by atoms with Crippen molar-refractivity contribution in [3.05, 3.63) is 105 Å². The summed E-state index contributed by atoms with van der Waals surface area (Å²) in [4.78, 5) is 11.0. The van der Waals surface area contributed by atoms with Gasteiger partial charge in [-0.15, -0.1) is 5.10 Å². The smallest absolute Gasteiger partial charge is 0.328 e. The summed E-state index contributed by atoms with van der Waals surface area (Å²) in [6.07, 6.45) is 5.42. The second kappa shape index (κ2) is 10.3. The number of fused-ring (bicyclic) bond motifs is 1. The summed E-state index contributed by atoms with van der Waals surface area (Å²) in [5.41, 5.74) is 5.38. The Balaban J connectivity index is 1.84. The van der Waals surface area contributed by atoms with Crippen molar-refractivity contribution in [3.8, 4) is 12.1 Å². The molecule has 0 unspecified atom stereocenters. The molecule has 1 fully saturated rings. The Hall–Kier alpha value is -4.72. The molecular weight excluding hydrogens is 503 g/mol. The molecule has 6 nitrogen and oxygen atoms in total. The molecule has 0 bridgehead atoms. The van der Waals surface area contributed by atoms with Crippen LogP contribution >= 0.6 is 11.6 Å². The van der Waals surface area contributed by atoms with Crippen molar-refractivity contribution >= 4 is 45.7 Å². The molecule has 1 aliphatic carbocycles. The van der Waals surface area contributed by atoms with Gasteiger partial charge in [-0.25, -0.2) is 4.79 Å². The highest BCUT2D eigenvalue weighted by atomic mass is 35.5. The van der Waals surface area contributed by atoms with E-state index < -0.39 is 11.9 Å². The van der Waals surface area contributed by atoms with E-state index in [9.17, 15) is 19.7 Å². The Kier molecular flexibility index (Phi) is 6.79. The Bertz CT molecular complexity index is 1720. The van der Waals surface area contributed by atoms with Gasteiger partial charge in [0, 0.05) is 16.7 Å². The van der Waals surface area contributed by atoms with Crippen LogP contribution in [0.5, 0.6) is 0 Å². The molecule has 0 amide bonds. The predicted molar refractivity (Wildman–Crippen MR) is 143 cm³/mol. The third-order valence-corrected chi connectivity index (χ3v) is 7.17. The number of H-pyrrole nitrogens is 1. The van der Waals surface area contributed by atoms with Crippen LogP contribution in [0.4, 0.5) is 4.39 Å². The number of hydrogen-bond acceptors (Lipinski definition) is 4. The summed E-state index contributed by atoms with van der Waals surface area (Å²) in [7, 11) is 0. The van der Waals surface area contributed by atoms with Gasteiger partial charge in [0.05, 0.1) is 28.1 Å². The number of nitriles is 2. The average Bonchev–Trinajstić information content (AvgIpc) is 3.27. The molecule has 0 saturated heterocycles. The molecule has 186 valence electrons. The van der Waals surface area contributed by atoms with Crippen LogP contribution < -0.4 is 0 Å². The van der Waals surface area contributed by atoms with Crippen LogP contribution in [-0.2, 0) is 4.79 Å². The van der Waals surface area contributed by atoms with Crippen molar-refractivity contribution in [3.63, 3.8) is 0 Å². The van der Waals surface area contributed by atoms with Gasteiger partial charge in [0.15, 0.2) is 0 Å². The van der Waals surface area contributed by atoms with Crippen molar-refractivity contribution in [2.75, 3.05) is 0 Å². The van der Waals surface area contributed by atoms with Crippen LogP contribution in [0, 0.1) is 34.5 Å². The summed E-state index contributed by atoms with van der Waals surface area (Å²) in [5.74, 6) is -1.67. The molecule has 3 aromatic carbocycles. The van der Waals surface area contributed by atoms with Crippen molar-refractivity contribution in [1.29, 1.82) is 10.5 Å². The fourth-order valence-corrected chi connectivity index (χ4v) is 5.13. The lowest BCUT2D eigenvalue weighted by Crippen LogP contribution is -2.16. The molecule has 8 heteroatoms. The number of carboxylic acid groups (broad SMARTS) is 1. The van der Waals surface area contributed by atoms with E-state index in [0.29, 0.717) is 27.2 Å². The van der Waals surface area contributed by atoms with Crippen LogP contribution in [0.15, 0.2) is 60.7 Å². The quantitative estimate of drug-likeness (QED) is 0.210. The monoisotopic (exact) mass is 522 g/mol. The van der Waals surface area contributed by atoms with E-state index in [1.807, 2.05) is 18.2 Å². The van der Waals surface area contributed by atoms with Crippen LogP contribution in [0.1, 0.15) is 52.6 Å². The number of carboxylic acids is 1. The summed E-state index contributed by atoms with van der Waals surface area (Å²) in [6, 6.07) is 20.2. The number of hydrogen-bond donors (Lipinski definition) is 2. The molecule has 38 heavy (non-hydrogen) atoms. The van der Waals surface area contributed by atoms with Gasteiger partial charge in [-0.05, 0) is 70.9 Å². The van der Waals surface area contributed by atoms with Gasteiger partial charge in [0.1, 0.15) is 6.07 Å². The first kappa shape index (κ1) is 25.0. The number of allylic oxidation sites excluding steroid dienone is 1. The van der Waals surface area contributed by atoms with Crippen molar-refractivity contribution in [1.82, 2.24) is 10.2 Å². The normalized spacial score (nSPS) is 14.1. The van der Waals surface area contributed by atoms with Gasteiger partial charge in [-0.2, -0.15) is 14.9 Å². The van der Waals surface area contributed by atoms with E-state index in [-0.39, 0.29) is 16.9 Å². The fraction of sp³-hybridized carbons (Fsp3) is 0.133. The second-order valence-electron chi connectivity index (χ2n) is 9.05. The molecule has 1 saturated carbocycles. The minimum atomic E-state index is -1.05. The lowest BCUT2D eigenvalue weighted by molar-refractivity contribution is -0.131. The Morgan fingerprint density at radius 1 is 1.08 bits per heavy atom. The molecule has 1 aromatic heterocycles. The van der Waals surface area contributed by atoms with Crippen LogP contribution in [0.3, 0.4) is 0 Å². The summed E-state index contributed by atoms with van der Waals surface area (Å²) >= 11 is 6.73. The molecule has 0 spiro atoms. The molecular formula is C30H20ClFN4O2. The highest BCUT2D eigenvalue weighted by molar-refractivity contribution is 6.33. The second-order valence-corrected chi connectivity index (χ2v) is 9.46. The first-order chi connectivity index (χ1) is 18.4. The Morgan fingerprint density at radius 3 is 2.42 bits per heavy atom. The average molecular weight is 523 g/mol. The molecule has 0 atom stereocenters. The molecule has 0 radical (unpaired) electrons. The van der Waals surface area contributed by atoms with Crippen LogP contribution in [0.25, 0.3) is 28.1 Å². The predicted octanol–water partition coefficient (Wildman–Crippen LogP) is 6.96. The zero-order valence-corrected chi connectivity index (χ0v) is 20.8. The SMILES string of the molecule is N#Cc1ccc(/C(=C(\c2ccc(/C=C/C(=O)O)cc2)c2ccc3[nH]nc(F)c3c2C#N)C2CCC2)c(Cl)c1. The van der Waals surface area contributed by atoms with E-state index in [2.05, 4.69) is 22.3 Å². The van der Waals surface area contributed by atoms with Crippen LogP contribution in [-0.4, -0.2) is 21.3 Å². The van der Waals surface area contributed by atoms with Crippen molar-refractivity contribution in [2.45, 2.75) is 19.3 Å². The number of nitrogens with zero attached hydrogens (tertiary/aromatic N) is 3. The van der Waals surface area contributed by atoms with E-state index in [0.717, 1.165) is 47.6 Å². The number of aromatic nitrogens is 2. The van der Waals surface area contributed by atoms with Crippen molar-refractivity contribution in [2.24, 2.45) is 5.92 Å². The maximum atomic E-state index is 14.7. The number of benzene rings is 3. The number of halogens is 2. The molecule has 1 aliphatic rings. The highest BCUT2D eigenvalue weighted by Crippen LogP contribution is 2.47. The van der Waals surface area contributed by atoms with E-state index >= 15 is 0 Å².